The highest BCUT2D eigenvalue weighted by Gasteiger charge is 1.99. The molecule has 1 rings (SSSR count). The molecule has 0 aliphatic heterocycles. The highest BCUT2D eigenvalue weighted by molar-refractivity contribution is 5.51. The van der Waals surface area contributed by atoms with Gasteiger partial charge in [-0.05, 0) is 25.0 Å². The lowest BCUT2D eigenvalue weighted by Gasteiger charge is -2.09. The molecule has 0 bridgehead atoms. The van der Waals surface area contributed by atoms with E-state index in [-0.39, 0.29) is 0 Å². The van der Waals surface area contributed by atoms with Gasteiger partial charge in [0.1, 0.15) is 5.75 Å². The van der Waals surface area contributed by atoms with E-state index in [1.54, 1.807) is 7.11 Å². The molecule has 0 atom stereocenters. The first-order valence-electron chi connectivity index (χ1n) is 6.16. The molecular weight excluding hydrogens is 198 g/mol. The number of hydrogen-bond donors (Lipinski definition) is 1. The van der Waals surface area contributed by atoms with Gasteiger partial charge in [-0.2, -0.15) is 0 Å². The number of rotatable bonds is 7. The van der Waals surface area contributed by atoms with Gasteiger partial charge in [-0.15, -0.1) is 0 Å². The van der Waals surface area contributed by atoms with Crippen molar-refractivity contribution in [3.63, 3.8) is 0 Å². The van der Waals surface area contributed by atoms with E-state index >= 15 is 0 Å². The molecule has 90 valence electrons. The summed E-state index contributed by atoms with van der Waals surface area (Å²) in [6.07, 6.45) is 5.17. The second-order valence-corrected chi connectivity index (χ2v) is 4.17. The van der Waals surface area contributed by atoms with Crippen LogP contribution in [-0.2, 0) is 0 Å². The minimum absolute atomic E-state index is 0.957. The minimum atomic E-state index is 0.957. The predicted molar refractivity (Wildman–Crippen MR) is 70.4 cm³/mol. The number of benzene rings is 1. The molecule has 0 aliphatic rings. The fraction of sp³-hybridized carbons (Fsp3) is 0.571. The van der Waals surface area contributed by atoms with Crippen molar-refractivity contribution in [2.75, 3.05) is 19.0 Å². The molecule has 0 spiro atoms. The maximum Gasteiger partial charge on any atom is 0.123 e. The first kappa shape index (κ1) is 12.9. The first-order chi connectivity index (χ1) is 7.77. The molecule has 2 heteroatoms. The van der Waals surface area contributed by atoms with Gasteiger partial charge in [-0.3, -0.25) is 0 Å². The molecule has 0 heterocycles. The molecule has 0 aliphatic carbocycles. The summed E-state index contributed by atoms with van der Waals surface area (Å²) in [5.41, 5.74) is 2.33. The van der Waals surface area contributed by atoms with Crippen LogP contribution in [-0.4, -0.2) is 13.7 Å². The third-order valence-corrected chi connectivity index (χ3v) is 2.77. The van der Waals surface area contributed by atoms with Crippen LogP contribution in [0.3, 0.4) is 0 Å². The largest absolute Gasteiger partial charge is 0.496 e. The number of nitrogens with one attached hydrogen (secondary N) is 1. The number of anilines is 1. The van der Waals surface area contributed by atoms with Crippen molar-refractivity contribution in [2.24, 2.45) is 0 Å². The zero-order valence-corrected chi connectivity index (χ0v) is 10.7. The van der Waals surface area contributed by atoms with E-state index in [9.17, 15) is 0 Å². The fourth-order valence-electron chi connectivity index (χ4n) is 1.71. The van der Waals surface area contributed by atoms with Crippen LogP contribution in [0.25, 0.3) is 0 Å². The van der Waals surface area contributed by atoms with Crippen LogP contribution in [0.4, 0.5) is 5.69 Å². The molecule has 0 radical (unpaired) electrons. The molecule has 1 N–H and O–H groups in total. The summed E-state index contributed by atoms with van der Waals surface area (Å²) < 4.78 is 5.29. The van der Waals surface area contributed by atoms with Crippen LogP contribution in [0.15, 0.2) is 18.2 Å². The van der Waals surface area contributed by atoms with Crippen LogP contribution >= 0.6 is 0 Å². The van der Waals surface area contributed by atoms with E-state index < -0.39 is 0 Å². The number of hydrogen-bond acceptors (Lipinski definition) is 2. The Morgan fingerprint density at radius 1 is 1.19 bits per heavy atom. The third kappa shape index (κ3) is 4.13. The van der Waals surface area contributed by atoms with Gasteiger partial charge in [0.15, 0.2) is 0 Å². The number of ether oxygens (including phenoxy) is 1. The quantitative estimate of drug-likeness (QED) is 0.703. The van der Waals surface area contributed by atoms with Gasteiger partial charge >= 0.3 is 0 Å². The monoisotopic (exact) mass is 221 g/mol. The summed E-state index contributed by atoms with van der Waals surface area (Å²) in [6, 6.07) is 6.26. The van der Waals surface area contributed by atoms with Crippen molar-refractivity contribution in [1.82, 2.24) is 0 Å². The molecule has 0 saturated carbocycles. The molecule has 0 amide bonds. The Bertz CT molecular complexity index is 310. The predicted octanol–water partition coefficient (Wildman–Crippen LogP) is 4.00. The molecule has 0 saturated heterocycles. The Labute approximate surface area is 99.0 Å². The highest BCUT2D eigenvalue weighted by atomic mass is 16.5. The molecular formula is C14H23NO. The van der Waals surface area contributed by atoms with Crippen LogP contribution in [0.1, 0.15) is 38.2 Å². The standard InChI is InChI=1S/C14H23NO/c1-4-5-6-7-10-15-13-9-8-12(2)14(11-13)16-3/h8-9,11,15H,4-7,10H2,1-3H3. The number of methoxy groups -OCH3 is 1. The number of aryl methyl sites for hydroxylation is 1. The lowest BCUT2D eigenvalue weighted by molar-refractivity contribution is 0.412. The first-order valence-corrected chi connectivity index (χ1v) is 6.16. The van der Waals surface area contributed by atoms with Gasteiger partial charge in [0.05, 0.1) is 7.11 Å². The molecule has 0 unspecified atom stereocenters. The minimum Gasteiger partial charge on any atom is -0.496 e. The molecule has 1 aromatic carbocycles. The molecule has 0 aromatic heterocycles. The van der Waals surface area contributed by atoms with Crippen LogP contribution in [0.5, 0.6) is 5.75 Å². The maximum atomic E-state index is 5.29. The van der Waals surface area contributed by atoms with Crippen LogP contribution < -0.4 is 10.1 Å². The second kappa shape index (κ2) is 7.15. The Morgan fingerprint density at radius 2 is 2.00 bits per heavy atom. The van der Waals surface area contributed by atoms with Crippen molar-refractivity contribution in [1.29, 1.82) is 0 Å². The normalized spacial score (nSPS) is 10.2. The zero-order chi connectivity index (χ0) is 11.8. The van der Waals surface area contributed by atoms with E-state index in [0.29, 0.717) is 0 Å². The average molecular weight is 221 g/mol. The summed E-state index contributed by atoms with van der Waals surface area (Å²) in [5.74, 6) is 0.957. The maximum absolute atomic E-state index is 5.29. The zero-order valence-electron chi connectivity index (χ0n) is 10.7. The topological polar surface area (TPSA) is 21.3 Å². The summed E-state index contributed by atoms with van der Waals surface area (Å²) in [5, 5.41) is 3.43. The van der Waals surface area contributed by atoms with E-state index in [4.69, 9.17) is 4.74 Å². The average Bonchev–Trinajstić information content (AvgIpc) is 2.31. The van der Waals surface area contributed by atoms with Crippen molar-refractivity contribution >= 4 is 5.69 Å². The summed E-state index contributed by atoms with van der Waals surface area (Å²) in [7, 11) is 1.72. The third-order valence-electron chi connectivity index (χ3n) is 2.77. The van der Waals surface area contributed by atoms with Gasteiger partial charge in [-0.25, -0.2) is 0 Å². The lowest BCUT2D eigenvalue weighted by Crippen LogP contribution is -2.01. The van der Waals surface area contributed by atoms with Gasteiger partial charge in [-0.1, -0.05) is 32.3 Å². The second-order valence-electron chi connectivity index (χ2n) is 4.17. The van der Waals surface area contributed by atoms with Crippen molar-refractivity contribution in [3.8, 4) is 5.75 Å². The van der Waals surface area contributed by atoms with Gasteiger partial charge in [0.2, 0.25) is 0 Å². The van der Waals surface area contributed by atoms with E-state index in [1.165, 1.54) is 31.2 Å². The van der Waals surface area contributed by atoms with E-state index in [2.05, 4.69) is 37.4 Å². The molecule has 16 heavy (non-hydrogen) atoms. The number of unbranched alkanes of at least 4 members (excludes halogenated alkanes) is 3. The molecule has 0 fully saturated rings. The smallest absolute Gasteiger partial charge is 0.123 e. The molecule has 2 nitrogen and oxygen atoms in total. The SMILES string of the molecule is CCCCCCNc1ccc(C)c(OC)c1. The Balaban J connectivity index is 2.36. The van der Waals surface area contributed by atoms with Crippen molar-refractivity contribution in [3.05, 3.63) is 23.8 Å². The summed E-state index contributed by atoms with van der Waals surface area (Å²) in [6.45, 7) is 5.34. The van der Waals surface area contributed by atoms with Gasteiger partial charge in [0.25, 0.3) is 0 Å². The van der Waals surface area contributed by atoms with Crippen molar-refractivity contribution < 1.29 is 4.74 Å². The summed E-state index contributed by atoms with van der Waals surface area (Å²) in [4.78, 5) is 0. The van der Waals surface area contributed by atoms with E-state index in [0.717, 1.165) is 18.0 Å². The Morgan fingerprint density at radius 3 is 2.69 bits per heavy atom. The van der Waals surface area contributed by atoms with Gasteiger partial charge < -0.3 is 10.1 Å². The summed E-state index contributed by atoms with van der Waals surface area (Å²) >= 11 is 0. The van der Waals surface area contributed by atoms with Crippen LogP contribution in [0.2, 0.25) is 0 Å². The Hall–Kier alpha value is -1.18. The highest BCUT2D eigenvalue weighted by Crippen LogP contribution is 2.22. The van der Waals surface area contributed by atoms with E-state index in [1.807, 2.05) is 0 Å². The molecule has 1 aromatic rings. The van der Waals surface area contributed by atoms with Crippen LogP contribution in [0, 0.1) is 6.92 Å². The van der Waals surface area contributed by atoms with Crippen molar-refractivity contribution in [2.45, 2.75) is 39.5 Å². The van der Waals surface area contributed by atoms with Gasteiger partial charge in [0, 0.05) is 18.3 Å². The Kier molecular flexibility index (Phi) is 5.76. The fourth-order valence-corrected chi connectivity index (χ4v) is 1.71. The lowest BCUT2D eigenvalue weighted by atomic mass is 10.2.